The van der Waals surface area contributed by atoms with Gasteiger partial charge in [-0.25, -0.2) is 4.79 Å². The Hall–Kier alpha value is -2.75. The van der Waals surface area contributed by atoms with Gasteiger partial charge in [-0.1, -0.05) is 60.7 Å². The van der Waals surface area contributed by atoms with Gasteiger partial charge in [-0.3, -0.25) is 14.5 Å². The van der Waals surface area contributed by atoms with Crippen molar-refractivity contribution in [2.75, 3.05) is 19.3 Å². The van der Waals surface area contributed by atoms with Gasteiger partial charge in [0, 0.05) is 24.3 Å². The maximum absolute atomic E-state index is 13.7. The van der Waals surface area contributed by atoms with Crippen LogP contribution in [0.15, 0.2) is 71.3 Å². The number of carbonyl (C=O) groups is 3. The van der Waals surface area contributed by atoms with E-state index in [9.17, 15) is 14.4 Å². The molecule has 2 saturated heterocycles. The molecule has 2 aromatic carbocycles. The molecule has 1 unspecified atom stereocenters. The molecule has 0 bridgehead atoms. The molecule has 5 rings (SSSR count). The summed E-state index contributed by atoms with van der Waals surface area (Å²) in [6.07, 6.45) is 0.0651. The number of hydrogen-bond acceptors (Lipinski definition) is 7. The maximum atomic E-state index is 13.7. The predicted octanol–water partition coefficient (Wildman–Crippen LogP) is 2.74. The fourth-order valence-electron chi connectivity index (χ4n) is 4.39. The highest BCUT2D eigenvalue weighted by atomic mass is 32.2. The van der Waals surface area contributed by atoms with E-state index >= 15 is 0 Å². The number of rotatable bonds is 6. The summed E-state index contributed by atoms with van der Waals surface area (Å²) in [6.45, 7) is 0.678. The average molecular weight is 496 g/mol. The van der Waals surface area contributed by atoms with Crippen LogP contribution in [0.5, 0.6) is 0 Å². The first-order chi connectivity index (χ1) is 16.5. The van der Waals surface area contributed by atoms with E-state index in [4.69, 9.17) is 10.5 Å². The third kappa shape index (κ3) is 4.12. The number of amides is 2. The minimum absolute atomic E-state index is 0.0374. The molecule has 0 spiro atoms. The van der Waals surface area contributed by atoms with Gasteiger partial charge in [0.1, 0.15) is 17.1 Å². The Balaban J connectivity index is 1.49. The van der Waals surface area contributed by atoms with Gasteiger partial charge >= 0.3 is 5.97 Å². The molecule has 34 heavy (non-hydrogen) atoms. The molecule has 7 nitrogen and oxygen atoms in total. The number of benzene rings is 2. The zero-order chi connectivity index (χ0) is 23.8. The van der Waals surface area contributed by atoms with Gasteiger partial charge in [-0.15, -0.1) is 23.5 Å². The van der Waals surface area contributed by atoms with E-state index in [0.717, 1.165) is 11.1 Å². The van der Waals surface area contributed by atoms with E-state index < -0.39 is 18.1 Å². The van der Waals surface area contributed by atoms with Crippen molar-refractivity contribution in [1.82, 2.24) is 9.80 Å². The normalized spacial score (nSPS) is 24.4. The smallest absolute Gasteiger partial charge is 0.356 e. The van der Waals surface area contributed by atoms with Gasteiger partial charge in [0.2, 0.25) is 11.8 Å². The van der Waals surface area contributed by atoms with Gasteiger partial charge in [-0.2, -0.15) is 0 Å². The second-order valence-corrected chi connectivity index (χ2v) is 10.9. The topological polar surface area (TPSA) is 92.9 Å². The Morgan fingerprint density at radius 2 is 1.68 bits per heavy atom. The molecule has 2 fully saturated rings. The van der Waals surface area contributed by atoms with E-state index in [-0.39, 0.29) is 28.1 Å². The molecule has 0 aromatic heterocycles. The maximum Gasteiger partial charge on any atom is 0.356 e. The van der Waals surface area contributed by atoms with Crippen LogP contribution in [0.4, 0.5) is 0 Å². The fraction of sp³-hybridized carbons (Fsp3) is 0.320. The number of likely N-dealkylation sites (tertiary alicyclic amines) is 1. The van der Waals surface area contributed by atoms with Gasteiger partial charge < -0.3 is 15.4 Å². The van der Waals surface area contributed by atoms with Crippen LogP contribution >= 0.6 is 23.5 Å². The molecule has 176 valence electrons. The van der Waals surface area contributed by atoms with Crippen molar-refractivity contribution in [3.8, 4) is 0 Å². The largest absolute Gasteiger partial charge is 0.448 e. The molecule has 3 aliphatic heterocycles. The molecule has 9 heteroatoms. The third-order valence-electron chi connectivity index (χ3n) is 6.26. The fourth-order valence-corrected chi connectivity index (χ4v) is 7.14. The second kappa shape index (κ2) is 9.48. The lowest BCUT2D eigenvalue weighted by molar-refractivity contribution is -0.152. The van der Waals surface area contributed by atoms with Crippen LogP contribution in [-0.2, 0) is 19.1 Å². The number of nitrogens with two attached hydrogens (primary N) is 1. The summed E-state index contributed by atoms with van der Waals surface area (Å²) in [5.74, 6) is -0.334. The highest BCUT2D eigenvalue weighted by Gasteiger charge is 2.53. The number of β-lactam (4-membered cyclic amide) rings is 1. The summed E-state index contributed by atoms with van der Waals surface area (Å²) in [6, 6.07) is 18.4. The Kier molecular flexibility index (Phi) is 6.42. The zero-order valence-electron chi connectivity index (χ0n) is 18.6. The highest BCUT2D eigenvalue weighted by Crippen LogP contribution is 2.45. The summed E-state index contributed by atoms with van der Waals surface area (Å²) >= 11 is 2.89. The van der Waals surface area contributed by atoms with Crippen LogP contribution < -0.4 is 5.73 Å². The van der Waals surface area contributed by atoms with E-state index in [1.54, 1.807) is 11.9 Å². The van der Waals surface area contributed by atoms with E-state index in [1.807, 2.05) is 60.7 Å². The Labute approximate surface area is 206 Å². The Morgan fingerprint density at radius 3 is 2.24 bits per heavy atom. The number of hydrogen-bond donors (Lipinski definition) is 1. The van der Waals surface area contributed by atoms with E-state index in [2.05, 4.69) is 0 Å². The molecule has 0 saturated carbocycles. The zero-order valence-corrected chi connectivity index (χ0v) is 20.3. The van der Waals surface area contributed by atoms with Gasteiger partial charge in [0.15, 0.2) is 6.10 Å². The van der Waals surface area contributed by atoms with Crippen LogP contribution in [0.1, 0.15) is 23.7 Å². The van der Waals surface area contributed by atoms with Crippen LogP contribution in [0.3, 0.4) is 0 Å². The lowest BCUT2D eigenvalue weighted by Crippen LogP contribution is -2.68. The molecular weight excluding hydrogens is 470 g/mol. The van der Waals surface area contributed by atoms with Gasteiger partial charge in [0.05, 0.1) is 5.25 Å². The molecule has 3 aliphatic rings. The lowest BCUT2D eigenvalue weighted by atomic mass is 10.0. The van der Waals surface area contributed by atoms with Crippen molar-refractivity contribution in [3.05, 3.63) is 82.4 Å². The molecule has 0 radical (unpaired) electrons. The molecule has 2 aromatic rings. The quantitative estimate of drug-likeness (QED) is 0.487. The van der Waals surface area contributed by atoms with Crippen molar-refractivity contribution in [2.24, 2.45) is 5.73 Å². The standard InChI is InChI=1S/C25H25N3O4S2/c1-27-13-12-17(22(27)29)34-18-14-33-24-19(26)23(30)28(24)20(18)25(31)32-21(15-8-4-2-5-9-15)16-10-6-3-7-11-16/h2-11,17,19,21,24H,12-14,26H2,1H3/t17?,19-,24-/m1/s1. The second-order valence-electron chi connectivity index (χ2n) is 8.47. The van der Waals surface area contributed by atoms with Crippen molar-refractivity contribution in [2.45, 2.75) is 29.2 Å². The molecule has 3 atom stereocenters. The number of ether oxygens (including phenoxy) is 1. The van der Waals surface area contributed by atoms with E-state index in [1.165, 1.54) is 28.4 Å². The van der Waals surface area contributed by atoms with Crippen LogP contribution in [0.2, 0.25) is 0 Å². The minimum Gasteiger partial charge on any atom is -0.448 e. The van der Waals surface area contributed by atoms with Crippen molar-refractivity contribution >= 4 is 41.3 Å². The lowest BCUT2D eigenvalue weighted by Gasteiger charge is -2.48. The number of esters is 1. The Morgan fingerprint density at radius 1 is 1.06 bits per heavy atom. The predicted molar refractivity (Wildman–Crippen MR) is 133 cm³/mol. The van der Waals surface area contributed by atoms with Crippen LogP contribution in [0.25, 0.3) is 0 Å². The first-order valence-corrected chi connectivity index (χ1v) is 13.0. The number of carbonyl (C=O) groups excluding carboxylic acids is 3. The van der Waals surface area contributed by atoms with Crippen molar-refractivity contribution < 1.29 is 19.1 Å². The van der Waals surface area contributed by atoms with Gasteiger partial charge in [0.25, 0.3) is 0 Å². The number of fused-ring (bicyclic) bond motifs is 1. The first-order valence-electron chi connectivity index (χ1n) is 11.1. The summed E-state index contributed by atoms with van der Waals surface area (Å²) < 4.78 is 6.09. The molecule has 2 N–H and O–H groups in total. The summed E-state index contributed by atoms with van der Waals surface area (Å²) in [7, 11) is 1.78. The van der Waals surface area contributed by atoms with Crippen molar-refractivity contribution in [3.63, 3.8) is 0 Å². The Bertz CT molecular complexity index is 1100. The van der Waals surface area contributed by atoms with Gasteiger partial charge in [-0.05, 0) is 17.5 Å². The highest BCUT2D eigenvalue weighted by molar-refractivity contribution is 8.07. The summed E-state index contributed by atoms with van der Waals surface area (Å²) in [5.41, 5.74) is 7.90. The summed E-state index contributed by atoms with van der Waals surface area (Å²) in [5, 5.41) is -0.572. The third-order valence-corrected chi connectivity index (χ3v) is 9.09. The van der Waals surface area contributed by atoms with Crippen molar-refractivity contribution in [1.29, 1.82) is 0 Å². The molecule has 0 aliphatic carbocycles. The summed E-state index contributed by atoms with van der Waals surface area (Å²) in [4.78, 5) is 42.8. The van der Waals surface area contributed by atoms with Crippen LogP contribution in [0, 0.1) is 0 Å². The average Bonchev–Trinajstić information content (AvgIpc) is 3.19. The molecular formula is C25H25N3O4S2. The number of thioether (sulfide) groups is 2. The monoisotopic (exact) mass is 495 g/mol. The number of nitrogens with zero attached hydrogens (tertiary/aromatic N) is 2. The van der Waals surface area contributed by atoms with Crippen LogP contribution in [-0.4, -0.2) is 63.6 Å². The molecule has 3 heterocycles. The minimum atomic E-state index is -0.641. The SMILES string of the molecule is CN1CCC(SC2=C(C(=O)OC(c3ccccc3)c3ccccc3)N3C(=O)[C@@H](N)[C@H]3SC2)C1=O. The first kappa shape index (κ1) is 23.0. The molecule has 2 amide bonds. The van der Waals surface area contributed by atoms with E-state index in [0.29, 0.717) is 23.6 Å².